The van der Waals surface area contributed by atoms with Gasteiger partial charge in [-0.25, -0.2) is 0 Å². The van der Waals surface area contributed by atoms with Crippen molar-refractivity contribution in [3.63, 3.8) is 0 Å². The normalized spacial score (nSPS) is 16.3. The van der Waals surface area contributed by atoms with E-state index in [1.807, 2.05) is 48.5 Å². The number of benzene rings is 2. The summed E-state index contributed by atoms with van der Waals surface area (Å²) in [7, 11) is 0. The molecule has 2 aromatic rings. The fourth-order valence-corrected chi connectivity index (χ4v) is 3.15. The topological polar surface area (TPSA) is 70.0 Å². The van der Waals surface area contributed by atoms with Gasteiger partial charge in [0, 0.05) is 26.1 Å². The van der Waals surface area contributed by atoms with Gasteiger partial charge in [0.25, 0.3) is 0 Å². The van der Waals surface area contributed by atoms with Crippen LogP contribution < -0.4 is 0 Å². The highest BCUT2D eigenvalue weighted by Crippen LogP contribution is 2.23. The quantitative estimate of drug-likeness (QED) is 0.799. The highest BCUT2D eigenvalue weighted by atomic mass is 16.5. The van der Waals surface area contributed by atoms with Crippen LogP contribution in [0.4, 0.5) is 0 Å². The van der Waals surface area contributed by atoms with Crippen molar-refractivity contribution in [2.75, 3.05) is 32.8 Å². The predicted octanol–water partition coefficient (Wildman–Crippen LogP) is 2.74. The van der Waals surface area contributed by atoms with Crippen LogP contribution in [-0.4, -0.2) is 53.9 Å². The van der Waals surface area contributed by atoms with Crippen molar-refractivity contribution >= 4 is 5.97 Å². The molecule has 1 atom stereocenters. The van der Waals surface area contributed by atoms with Gasteiger partial charge in [-0.05, 0) is 28.7 Å². The molecule has 1 aliphatic rings. The van der Waals surface area contributed by atoms with Gasteiger partial charge in [-0.2, -0.15) is 0 Å². The lowest BCUT2D eigenvalue weighted by Crippen LogP contribution is -2.38. The Labute approximate surface area is 153 Å². The molecular weight excluding hydrogens is 330 g/mol. The zero-order valence-electron chi connectivity index (χ0n) is 14.8. The van der Waals surface area contributed by atoms with Crippen LogP contribution in [0.25, 0.3) is 11.1 Å². The SMILES string of the molecule is O=C(O)CCc1ccc(-c2ccc([C@H](O)CN3CCOCC3)cc2)cc1. The number of aliphatic carboxylic acids is 1. The summed E-state index contributed by atoms with van der Waals surface area (Å²) in [5, 5.41) is 19.2. The van der Waals surface area contributed by atoms with Gasteiger partial charge in [-0.15, -0.1) is 0 Å². The molecule has 2 N–H and O–H groups in total. The number of carboxylic acid groups (broad SMARTS) is 1. The largest absolute Gasteiger partial charge is 0.481 e. The summed E-state index contributed by atoms with van der Waals surface area (Å²) in [4.78, 5) is 12.9. The van der Waals surface area contributed by atoms with Gasteiger partial charge in [0.1, 0.15) is 0 Å². The molecule has 5 nitrogen and oxygen atoms in total. The van der Waals surface area contributed by atoms with E-state index < -0.39 is 12.1 Å². The third-order valence-electron chi connectivity index (χ3n) is 4.75. The molecular formula is C21H25NO4. The first-order valence-electron chi connectivity index (χ1n) is 9.01. The number of carbonyl (C=O) groups is 1. The van der Waals surface area contributed by atoms with E-state index in [2.05, 4.69) is 4.90 Å². The molecule has 5 heteroatoms. The molecule has 0 amide bonds. The fourth-order valence-electron chi connectivity index (χ4n) is 3.15. The van der Waals surface area contributed by atoms with Crippen molar-refractivity contribution in [1.29, 1.82) is 0 Å². The maximum Gasteiger partial charge on any atom is 0.303 e. The lowest BCUT2D eigenvalue weighted by atomic mass is 9.99. The molecule has 0 aliphatic carbocycles. The lowest BCUT2D eigenvalue weighted by Gasteiger charge is -2.28. The second kappa shape index (κ2) is 8.94. The third-order valence-corrected chi connectivity index (χ3v) is 4.75. The van der Waals surface area contributed by atoms with Gasteiger partial charge in [-0.3, -0.25) is 9.69 Å². The molecule has 3 rings (SSSR count). The van der Waals surface area contributed by atoms with E-state index in [1.54, 1.807) is 0 Å². The molecule has 0 saturated carbocycles. The molecule has 1 saturated heterocycles. The summed E-state index contributed by atoms with van der Waals surface area (Å²) in [5.74, 6) is -0.777. The van der Waals surface area contributed by atoms with Gasteiger partial charge < -0.3 is 14.9 Å². The third kappa shape index (κ3) is 5.14. The Morgan fingerprint density at radius 1 is 1.00 bits per heavy atom. The average molecular weight is 355 g/mol. The maximum atomic E-state index is 10.6. The summed E-state index contributed by atoms with van der Waals surface area (Å²) in [6.07, 6.45) is 0.192. The summed E-state index contributed by atoms with van der Waals surface area (Å²) < 4.78 is 5.33. The Bertz CT molecular complexity index is 706. The number of morpholine rings is 1. The van der Waals surface area contributed by atoms with Crippen molar-refractivity contribution in [1.82, 2.24) is 4.90 Å². The first-order chi connectivity index (χ1) is 12.6. The van der Waals surface area contributed by atoms with Gasteiger partial charge in [0.15, 0.2) is 0 Å². The Balaban J connectivity index is 1.60. The molecule has 1 aliphatic heterocycles. The minimum Gasteiger partial charge on any atom is -0.481 e. The monoisotopic (exact) mass is 355 g/mol. The molecule has 1 heterocycles. The number of aryl methyl sites for hydroxylation is 1. The Morgan fingerprint density at radius 3 is 2.15 bits per heavy atom. The zero-order valence-corrected chi connectivity index (χ0v) is 14.8. The number of nitrogens with zero attached hydrogens (tertiary/aromatic N) is 1. The smallest absolute Gasteiger partial charge is 0.303 e. The number of ether oxygens (including phenoxy) is 1. The van der Waals surface area contributed by atoms with Crippen molar-refractivity contribution < 1.29 is 19.7 Å². The molecule has 2 aromatic carbocycles. The number of rotatable bonds is 7. The van der Waals surface area contributed by atoms with Crippen LogP contribution in [0.2, 0.25) is 0 Å². The molecule has 0 radical (unpaired) electrons. The van der Waals surface area contributed by atoms with Crippen molar-refractivity contribution in [3.8, 4) is 11.1 Å². The highest BCUT2D eigenvalue weighted by Gasteiger charge is 2.16. The second-order valence-electron chi connectivity index (χ2n) is 6.64. The number of carboxylic acids is 1. The van der Waals surface area contributed by atoms with E-state index in [0.717, 1.165) is 48.6 Å². The second-order valence-corrected chi connectivity index (χ2v) is 6.64. The molecule has 138 valence electrons. The predicted molar refractivity (Wildman–Crippen MR) is 100 cm³/mol. The van der Waals surface area contributed by atoms with Gasteiger partial charge in [0.05, 0.1) is 19.3 Å². The molecule has 0 aromatic heterocycles. The summed E-state index contributed by atoms with van der Waals surface area (Å²) in [6.45, 7) is 3.82. The van der Waals surface area contributed by atoms with E-state index in [1.165, 1.54) is 0 Å². The van der Waals surface area contributed by atoms with Crippen LogP contribution in [0, 0.1) is 0 Å². The Morgan fingerprint density at radius 2 is 1.58 bits per heavy atom. The van der Waals surface area contributed by atoms with Crippen LogP contribution in [0.15, 0.2) is 48.5 Å². The minimum atomic E-state index is -0.777. The van der Waals surface area contributed by atoms with E-state index in [-0.39, 0.29) is 6.42 Å². The zero-order chi connectivity index (χ0) is 18.4. The van der Waals surface area contributed by atoms with Gasteiger partial charge >= 0.3 is 5.97 Å². The number of aliphatic hydroxyl groups excluding tert-OH is 1. The van der Waals surface area contributed by atoms with E-state index in [4.69, 9.17) is 9.84 Å². The highest BCUT2D eigenvalue weighted by molar-refractivity contribution is 5.67. The van der Waals surface area contributed by atoms with Crippen LogP contribution in [0.1, 0.15) is 23.7 Å². The molecule has 0 spiro atoms. The molecule has 0 bridgehead atoms. The summed E-state index contributed by atoms with van der Waals surface area (Å²) in [6, 6.07) is 15.9. The van der Waals surface area contributed by atoms with Crippen molar-refractivity contribution in [2.24, 2.45) is 0 Å². The van der Waals surface area contributed by atoms with E-state index in [9.17, 15) is 9.90 Å². The van der Waals surface area contributed by atoms with Crippen LogP contribution >= 0.6 is 0 Å². The van der Waals surface area contributed by atoms with Crippen molar-refractivity contribution in [3.05, 3.63) is 59.7 Å². The summed E-state index contributed by atoms with van der Waals surface area (Å²) >= 11 is 0. The summed E-state index contributed by atoms with van der Waals surface area (Å²) in [5.41, 5.74) is 4.10. The van der Waals surface area contributed by atoms with Gasteiger partial charge in [0.2, 0.25) is 0 Å². The van der Waals surface area contributed by atoms with Crippen LogP contribution in [0.5, 0.6) is 0 Å². The number of hydrogen-bond acceptors (Lipinski definition) is 4. The molecule has 26 heavy (non-hydrogen) atoms. The van der Waals surface area contributed by atoms with Crippen molar-refractivity contribution in [2.45, 2.75) is 18.9 Å². The Hall–Kier alpha value is -2.21. The maximum absolute atomic E-state index is 10.6. The molecule has 0 unspecified atom stereocenters. The number of β-amino-alcohol motifs (C(OH)–C–C–N with tert-alkyl or cyclic N) is 1. The first kappa shape index (κ1) is 18.6. The van der Waals surface area contributed by atoms with E-state index in [0.29, 0.717) is 13.0 Å². The first-order valence-corrected chi connectivity index (χ1v) is 9.01. The standard InChI is InChI=1S/C21H25NO4/c23-20(15-22-11-13-26-14-12-22)19-8-6-18(7-9-19)17-4-1-16(2-5-17)3-10-21(24)25/h1-2,4-9,20,23H,3,10-15H2,(H,24,25)/t20-/m1/s1. The minimum absolute atomic E-state index is 0.148. The van der Waals surface area contributed by atoms with Crippen LogP contribution in [0.3, 0.4) is 0 Å². The van der Waals surface area contributed by atoms with E-state index >= 15 is 0 Å². The number of aliphatic hydroxyl groups is 1. The molecule has 1 fully saturated rings. The van der Waals surface area contributed by atoms with Gasteiger partial charge in [-0.1, -0.05) is 48.5 Å². The Kier molecular flexibility index (Phi) is 6.39. The fraction of sp³-hybridized carbons (Fsp3) is 0.381. The van der Waals surface area contributed by atoms with Crippen LogP contribution in [-0.2, 0) is 16.0 Å². The lowest BCUT2D eigenvalue weighted by molar-refractivity contribution is -0.136. The average Bonchev–Trinajstić information content (AvgIpc) is 2.68. The number of hydrogen-bond donors (Lipinski definition) is 2.